The number of benzene rings is 2. The minimum Gasteiger partial charge on any atom is -0.497 e. The second kappa shape index (κ2) is 10.3. The third kappa shape index (κ3) is 4.90. The van der Waals surface area contributed by atoms with Crippen LogP contribution in [0.1, 0.15) is 22.0 Å². The second-order valence-electron chi connectivity index (χ2n) is 7.85. The predicted molar refractivity (Wildman–Crippen MR) is 135 cm³/mol. The number of carbonyl (C=O) groups excluding carboxylic acids is 1. The highest BCUT2D eigenvalue weighted by atomic mass is 35.5. The number of rotatable bonds is 8. The van der Waals surface area contributed by atoms with E-state index in [1.807, 2.05) is 23.6 Å². The number of halogens is 1. The molecule has 2 heterocycles. The first kappa shape index (κ1) is 24.5. The molecule has 1 aromatic heterocycles. The molecule has 0 saturated carbocycles. The summed E-state index contributed by atoms with van der Waals surface area (Å²) in [5, 5.41) is 2.64. The number of ether oxygens (including phenoxy) is 1. The summed E-state index contributed by atoms with van der Waals surface area (Å²) in [7, 11) is -2.40. The number of thiophene rings is 1. The van der Waals surface area contributed by atoms with Crippen LogP contribution >= 0.6 is 22.9 Å². The Morgan fingerprint density at radius 2 is 1.91 bits per heavy atom. The average molecular weight is 517 g/mol. The summed E-state index contributed by atoms with van der Waals surface area (Å²) in [6.45, 7) is 3.92. The first-order valence-electron chi connectivity index (χ1n) is 10.7. The molecule has 1 atom stereocenters. The Kier molecular flexibility index (Phi) is 7.42. The summed E-state index contributed by atoms with van der Waals surface area (Å²) < 4.78 is 33.0. The Hall–Kier alpha value is -2.65. The van der Waals surface area contributed by atoms with Crippen molar-refractivity contribution in [1.29, 1.82) is 0 Å². The molecule has 0 radical (unpaired) electrons. The summed E-state index contributed by atoms with van der Waals surface area (Å²) in [6.07, 6.45) is 2.22. The molecular formula is C25H25ClN2O4S2. The van der Waals surface area contributed by atoms with E-state index in [0.29, 0.717) is 17.3 Å². The van der Waals surface area contributed by atoms with Gasteiger partial charge in [-0.25, -0.2) is 8.42 Å². The van der Waals surface area contributed by atoms with E-state index in [4.69, 9.17) is 16.3 Å². The zero-order chi connectivity index (χ0) is 24.3. The van der Waals surface area contributed by atoms with Gasteiger partial charge in [0.05, 0.1) is 24.6 Å². The highest BCUT2D eigenvalue weighted by Crippen LogP contribution is 2.38. The van der Waals surface area contributed by atoms with E-state index >= 15 is 0 Å². The fourth-order valence-corrected chi connectivity index (χ4v) is 6.51. The van der Waals surface area contributed by atoms with Crippen LogP contribution < -0.4 is 4.74 Å². The first-order valence-corrected chi connectivity index (χ1v) is 13.4. The lowest BCUT2D eigenvalue weighted by Crippen LogP contribution is -2.46. The number of amides is 1. The molecular weight excluding hydrogens is 492 g/mol. The number of nitrogens with zero attached hydrogens (tertiary/aromatic N) is 2. The lowest BCUT2D eigenvalue weighted by molar-refractivity contribution is -0.133. The molecule has 0 aliphatic carbocycles. The number of sulfonamides is 1. The molecule has 9 heteroatoms. The average Bonchev–Trinajstić information content (AvgIpc) is 3.32. The molecule has 1 amide bonds. The summed E-state index contributed by atoms with van der Waals surface area (Å²) in [4.78, 5) is 16.7. The number of hydrogen-bond acceptors (Lipinski definition) is 5. The maximum Gasteiger partial charge on any atom is 0.243 e. The molecule has 0 N–H and O–H groups in total. The van der Waals surface area contributed by atoms with Gasteiger partial charge in [0.15, 0.2) is 0 Å². The van der Waals surface area contributed by atoms with E-state index < -0.39 is 10.0 Å². The van der Waals surface area contributed by atoms with Crippen molar-refractivity contribution in [2.45, 2.75) is 17.4 Å². The van der Waals surface area contributed by atoms with E-state index in [0.717, 1.165) is 21.9 Å². The molecule has 3 aromatic rings. The van der Waals surface area contributed by atoms with Gasteiger partial charge in [0, 0.05) is 23.0 Å². The van der Waals surface area contributed by atoms with Crippen molar-refractivity contribution < 1.29 is 17.9 Å². The van der Waals surface area contributed by atoms with Crippen LogP contribution in [0, 0.1) is 0 Å². The second-order valence-corrected chi connectivity index (χ2v) is 11.2. The zero-order valence-corrected chi connectivity index (χ0v) is 21.1. The number of fused-ring (bicyclic) bond motifs is 1. The fourth-order valence-electron chi connectivity index (χ4n) is 4.12. The molecule has 1 unspecified atom stereocenters. The van der Waals surface area contributed by atoms with Gasteiger partial charge in [0.25, 0.3) is 0 Å². The monoisotopic (exact) mass is 516 g/mol. The maximum atomic E-state index is 13.6. The molecule has 0 bridgehead atoms. The number of hydrogen-bond donors (Lipinski definition) is 0. The topological polar surface area (TPSA) is 66.9 Å². The van der Waals surface area contributed by atoms with Crippen LogP contribution in [0.4, 0.5) is 0 Å². The van der Waals surface area contributed by atoms with Crippen LogP contribution in [0.15, 0.2) is 77.5 Å². The number of methoxy groups -OCH3 is 1. The van der Waals surface area contributed by atoms with Gasteiger partial charge >= 0.3 is 0 Å². The highest BCUT2D eigenvalue weighted by Gasteiger charge is 2.35. The van der Waals surface area contributed by atoms with E-state index in [-0.39, 0.29) is 29.9 Å². The van der Waals surface area contributed by atoms with Gasteiger partial charge in [-0.2, -0.15) is 4.31 Å². The Morgan fingerprint density at radius 1 is 1.21 bits per heavy atom. The molecule has 0 fully saturated rings. The van der Waals surface area contributed by atoms with Gasteiger partial charge in [-0.3, -0.25) is 4.79 Å². The van der Waals surface area contributed by atoms with Gasteiger partial charge in [0.2, 0.25) is 15.9 Å². The Morgan fingerprint density at radius 3 is 2.56 bits per heavy atom. The van der Waals surface area contributed by atoms with Crippen molar-refractivity contribution in [3.63, 3.8) is 0 Å². The lowest BCUT2D eigenvalue weighted by atomic mass is 9.93. The molecule has 1 aliphatic rings. The van der Waals surface area contributed by atoms with Crippen molar-refractivity contribution in [2.24, 2.45) is 0 Å². The first-order chi connectivity index (χ1) is 16.3. The maximum absolute atomic E-state index is 13.6. The Bertz CT molecular complexity index is 1270. The van der Waals surface area contributed by atoms with Crippen molar-refractivity contribution in [3.05, 3.63) is 93.7 Å². The summed E-state index contributed by atoms with van der Waals surface area (Å²) >= 11 is 7.76. The zero-order valence-electron chi connectivity index (χ0n) is 18.7. The van der Waals surface area contributed by atoms with Crippen molar-refractivity contribution >= 4 is 38.9 Å². The number of carbonyl (C=O) groups is 1. The lowest BCUT2D eigenvalue weighted by Gasteiger charge is -2.37. The quantitative estimate of drug-likeness (QED) is 0.405. The Balaban J connectivity index is 1.64. The third-order valence-electron chi connectivity index (χ3n) is 5.81. The van der Waals surface area contributed by atoms with E-state index in [1.54, 1.807) is 40.5 Å². The largest absolute Gasteiger partial charge is 0.497 e. The van der Waals surface area contributed by atoms with Crippen molar-refractivity contribution in [3.8, 4) is 5.75 Å². The van der Waals surface area contributed by atoms with Gasteiger partial charge in [0.1, 0.15) is 5.75 Å². The molecule has 0 saturated heterocycles. The van der Waals surface area contributed by atoms with E-state index in [9.17, 15) is 13.2 Å². The smallest absolute Gasteiger partial charge is 0.243 e. The SMILES string of the molecule is C=CCN(CC(=O)N1CCc2sccc2C1c1ccc(Cl)cc1)S(=O)(=O)c1ccc(OC)cc1. The standard InChI is InChI=1S/C25H25ClN2O4S2/c1-3-14-27(34(30,31)21-10-8-20(32-2)9-11-21)17-24(29)28-15-12-23-22(13-16-33-23)25(28)18-4-6-19(26)7-5-18/h3-11,13,16,25H,1,12,14-15,17H2,2H3. The van der Waals surface area contributed by atoms with Crippen LogP contribution in [0.25, 0.3) is 0 Å². The van der Waals surface area contributed by atoms with Gasteiger partial charge in [-0.1, -0.05) is 29.8 Å². The van der Waals surface area contributed by atoms with Crippen LogP contribution in [0.2, 0.25) is 5.02 Å². The summed E-state index contributed by atoms with van der Waals surface area (Å²) in [5.74, 6) is 0.284. The van der Waals surface area contributed by atoms with E-state index in [1.165, 1.54) is 30.2 Å². The molecule has 178 valence electrons. The van der Waals surface area contributed by atoms with E-state index in [2.05, 4.69) is 6.58 Å². The summed E-state index contributed by atoms with van der Waals surface area (Å²) in [5.41, 5.74) is 2.01. The molecule has 34 heavy (non-hydrogen) atoms. The fraction of sp³-hybridized carbons (Fsp3) is 0.240. The minimum atomic E-state index is -3.92. The molecule has 2 aromatic carbocycles. The highest BCUT2D eigenvalue weighted by molar-refractivity contribution is 7.89. The molecule has 6 nitrogen and oxygen atoms in total. The third-order valence-corrected chi connectivity index (χ3v) is 8.89. The molecule has 0 spiro atoms. The van der Waals surface area contributed by atoms with Gasteiger partial charge in [-0.15, -0.1) is 17.9 Å². The summed E-state index contributed by atoms with van der Waals surface area (Å²) in [6, 6.07) is 15.3. The van der Waals surface area contributed by atoms with Crippen LogP contribution in [-0.2, 0) is 21.2 Å². The molecule has 1 aliphatic heterocycles. The van der Waals surface area contributed by atoms with Gasteiger partial charge < -0.3 is 9.64 Å². The van der Waals surface area contributed by atoms with Crippen LogP contribution in [0.3, 0.4) is 0 Å². The normalized spacial score (nSPS) is 15.7. The Labute approximate surface area is 209 Å². The predicted octanol–water partition coefficient (Wildman–Crippen LogP) is 4.76. The minimum absolute atomic E-state index is 0.0171. The van der Waals surface area contributed by atoms with Crippen molar-refractivity contribution in [2.75, 3.05) is 26.7 Å². The molecule has 4 rings (SSSR count). The van der Waals surface area contributed by atoms with Crippen molar-refractivity contribution in [1.82, 2.24) is 9.21 Å². The van der Waals surface area contributed by atoms with Crippen LogP contribution in [0.5, 0.6) is 5.75 Å². The van der Waals surface area contributed by atoms with Gasteiger partial charge in [-0.05, 0) is 65.4 Å². The van der Waals surface area contributed by atoms with Crippen LogP contribution in [-0.4, -0.2) is 50.3 Å².